The molecule has 0 aromatic heterocycles. The van der Waals surface area contributed by atoms with Crippen molar-refractivity contribution in [1.29, 1.82) is 0 Å². The van der Waals surface area contributed by atoms with Crippen molar-refractivity contribution in [2.24, 2.45) is 4.99 Å². The van der Waals surface area contributed by atoms with E-state index in [2.05, 4.69) is 53.5 Å². The van der Waals surface area contributed by atoms with Gasteiger partial charge in [-0.2, -0.15) is 0 Å². The van der Waals surface area contributed by atoms with Gasteiger partial charge in [0.25, 0.3) is 5.91 Å². The molecule has 0 radical (unpaired) electrons. The van der Waals surface area contributed by atoms with E-state index in [1.165, 1.54) is 4.90 Å². The molecule has 8 nitrogen and oxygen atoms in total. The van der Waals surface area contributed by atoms with E-state index < -0.39 is 5.54 Å². The highest BCUT2D eigenvalue weighted by Gasteiger charge is 2.45. The molecule has 3 N–H and O–H groups in total. The molecule has 0 spiro atoms. The van der Waals surface area contributed by atoms with Crippen molar-refractivity contribution < 1.29 is 9.59 Å². The highest BCUT2D eigenvalue weighted by molar-refractivity contribution is 6.06. The van der Waals surface area contributed by atoms with Gasteiger partial charge in [0, 0.05) is 44.8 Å². The second-order valence-electron chi connectivity index (χ2n) is 8.39. The highest BCUT2D eigenvalue weighted by Crippen LogP contribution is 2.20. The predicted molar refractivity (Wildman–Crippen MR) is 119 cm³/mol. The van der Waals surface area contributed by atoms with Crippen LogP contribution < -0.4 is 16.0 Å². The van der Waals surface area contributed by atoms with Crippen LogP contribution in [0, 0.1) is 0 Å². The van der Waals surface area contributed by atoms with Crippen LogP contribution in [0.1, 0.15) is 67.7 Å². The summed E-state index contributed by atoms with van der Waals surface area (Å²) in [5.41, 5.74) is -0.767. The molecule has 0 bridgehead atoms. The minimum absolute atomic E-state index is 0.140. The summed E-state index contributed by atoms with van der Waals surface area (Å²) in [6.45, 7) is 18.3. The first-order chi connectivity index (χ1) is 13.7. The number of guanidine groups is 1. The van der Waals surface area contributed by atoms with E-state index in [0.717, 1.165) is 32.0 Å². The van der Waals surface area contributed by atoms with Crippen LogP contribution >= 0.6 is 0 Å². The molecule has 1 heterocycles. The van der Waals surface area contributed by atoms with Crippen molar-refractivity contribution in [1.82, 2.24) is 25.8 Å². The second kappa shape index (κ2) is 12.0. The molecule has 1 atom stereocenters. The van der Waals surface area contributed by atoms with Gasteiger partial charge in [-0.05, 0) is 60.8 Å². The number of carbonyl (C=O) groups excluding carboxylic acids is 2. The third-order valence-electron chi connectivity index (χ3n) is 5.42. The summed E-state index contributed by atoms with van der Waals surface area (Å²) < 4.78 is 0. The molecule has 8 heteroatoms. The van der Waals surface area contributed by atoms with Crippen LogP contribution in [0.2, 0.25) is 0 Å². The summed E-state index contributed by atoms with van der Waals surface area (Å²) >= 11 is 0. The number of nitrogens with one attached hydrogen (secondary N) is 3. The average molecular weight is 411 g/mol. The lowest BCUT2D eigenvalue weighted by Gasteiger charge is -2.30. The fourth-order valence-corrected chi connectivity index (χ4v) is 3.53. The number of carbonyl (C=O) groups is 2. The Labute approximate surface area is 176 Å². The number of hydrogen-bond acceptors (Lipinski definition) is 4. The van der Waals surface area contributed by atoms with Crippen molar-refractivity contribution in [2.75, 3.05) is 32.7 Å². The number of imide groups is 1. The van der Waals surface area contributed by atoms with Crippen molar-refractivity contribution in [3.63, 3.8) is 0 Å². The monoisotopic (exact) mass is 410 g/mol. The second-order valence-corrected chi connectivity index (χ2v) is 8.39. The van der Waals surface area contributed by atoms with Crippen molar-refractivity contribution >= 4 is 17.9 Å². The number of aliphatic imine (C=N–C) groups is 1. The van der Waals surface area contributed by atoms with Crippen LogP contribution in [0.4, 0.5) is 4.79 Å². The molecule has 0 aromatic rings. The number of hydrogen-bond donors (Lipinski definition) is 3. The molecule has 168 valence electrons. The Kier molecular flexibility index (Phi) is 10.4. The molecule has 0 aromatic carbocycles. The van der Waals surface area contributed by atoms with Gasteiger partial charge in [0.05, 0.1) is 0 Å². The van der Waals surface area contributed by atoms with E-state index in [1.807, 2.05) is 13.8 Å². The Morgan fingerprint density at radius 1 is 1.14 bits per heavy atom. The van der Waals surface area contributed by atoms with Gasteiger partial charge in [-0.1, -0.05) is 6.92 Å². The molecule has 1 saturated heterocycles. The van der Waals surface area contributed by atoms with Crippen LogP contribution in [0.25, 0.3) is 0 Å². The third-order valence-corrected chi connectivity index (χ3v) is 5.42. The minimum atomic E-state index is -0.767. The lowest BCUT2D eigenvalue weighted by molar-refractivity contribution is -0.130. The van der Waals surface area contributed by atoms with Crippen molar-refractivity contribution in [3.8, 4) is 0 Å². The molecule has 3 amide bonds. The van der Waals surface area contributed by atoms with Gasteiger partial charge in [-0.3, -0.25) is 19.6 Å². The van der Waals surface area contributed by atoms with E-state index in [0.29, 0.717) is 38.0 Å². The summed E-state index contributed by atoms with van der Waals surface area (Å²) in [7, 11) is 0. The van der Waals surface area contributed by atoms with E-state index in [4.69, 9.17) is 0 Å². The first kappa shape index (κ1) is 25.2. The number of urea groups is 1. The van der Waals surface area contributed by atoms with Crippen LogP contribution in [-0.2, 0) is 4.79 Å². The molecular weight excluding hydrogens is 368 g/mol. The number of rotatable bonds is 12. The minimum Gasteiger partial charge on any atom is -0.357 e. The maximum atomic E-state index is 12.4. The van der Waals surface area contributed by atoms with Crippen molar-refractivity contribution in [2.45, 2.75) is 85.4 Å². The Balaban J connectivity index is 2.42. The Morgan fingerprint density at radius 3 is 2.31 bits per heavy atom. The molecule has 0 saturated carbocycles. The predicted octanol–water partition coefficient (Wildman–Crippen LogP) is 2.16. The lowest BCUT2D eigenvalue weighted by atomic mass is 9.99. The normalized spacial score (nSPS) is 20.2. The van der Waals surface area contributed by atoms with E-state index in [-0.39, 0.29) is 11.9 Å². The molecular formula is C21H42N6O2. The fraction of sp³-hybridized carbons (Fsp3) is 0.857. The first-order valence-electron chi connectivity index (χ1n) is 11.1. The SMILES string of the molecule is CCNC(=NCCCN1C(=O)NC(C)(CC)C1=O)NCCCN(C(C)C)C(C)C. The number of amides is 3. The van der Waals surface area contributed by atoms with Gasteiger partial charge in [0.1, 0.15) is 5.54 Å². The Bertz CT molecular complexity index is 555. The Hall–Kier alpha value is -1.83. The molecule has 1 fully saturated rings. The molecule has 0 aliphatic carbocycles. The maximum Gasteiger partial charge on any atom is 0.325 e. The van der Waals surface area contributed by atoms with Gasteiger partial charge < -0.3 is 16.0 Å². The van der Waals surface area contributed by atoms with Gasteiger partial charge in [-0.15, -0.1) is 0 Å². The third kappa shape index (κ3) is 7.49. The first-order valence-corrected chi connectivity index (χ1v) is 11.1. The van der Waals surface area contributed by atoms with E-state index in [1.54, 1.807) is 6.92 Å². The molecule has 1 aliphatic rings. The molecule has 29 heavy (non-hydrogen) atoms. The topological polar surface area (TPSA) is 89.1 Å². The molecule has 1 rings (SSSR count). The summed E-state index contributed by atoms with van der Waals surface area (Å²) in [6.07, 6.45) is 2.27. The lowest BCUT2D eigenvalue weighted by Crippen LogP contribution is -2.43. The smallest absolute Gasteiger partial charge is 0.325 e. The van der Waals surface area contributed by atoms with Crippen LogP contribution in [0.3, 0.4) is 0 Å². The van der Waals surface area contributed by atoms with Crippen LogP contribution in [0.5, 0.6) is 0 Å². The van der Waals surface area contributed by atoms with Gasteiger partial charge in [-0.25, -0.2) is 4.79 Å². The standard InChI is InChI=1S/C21H42N6O2/c1-8-21(7)18(28)27(20(29)25-21)15-11-13-24-19(22-9-2)23-12-10-14-26(16(3)4)17(5)6/h16-17H,8-15H2,1-7H3,(H,25,29)(H2,22,23,24). The van der Waals surface area contributed by atoms with Crippen molar-refractivity contribution in [3.05, 3.63) is 0 Å². The van der Waals surface area contributed by atoms with Crippen LogP contribution in [-0.4, -0.2) is 78.0 Å². The quantitative estimate of drug-likeness (QED) is 0.199. The summed E-state index contributed by atoms with van der Waals surface area (Å²) in [4.78, 5) is 32.8. The zero-order valence-corrected chi connectivity index (χ0v) is 19.5. The zero-order valence-electron chi connectivity index (χ0n) is 19.5. The zero-order chi connectivity index (χ0) is 22.0. The fourth-order valence-electron chi connectivity index (χ4n) is 3.53. The van der Waals surface area contributed by atoms with E-state index in [9.17, 15) is 9.59 Å². The molecule has 1 aliphatic heterocycles. The van der Waals surface area contributed by atoms with Gasteiger partial charge >= 0.3 is 6.03 Å². The summed E-state index contributed by atoms with van der Waals surface area (Å²) in [5.74, 6) is 0.641. The molecule has 1 unspecified atom stereocenters. The summed E-state index contributed by atoms with van der Waals surface area (Å²) in [6, 6.07) is 0.780. The average Bonchev–Trinajstić information content (AvgIpc) is 2.87. The van der Waals surface area contributed by atoms with Gasteiger partial charge in [0.2, 0.25) is 0 Å². The van der Waals surface area contributed by atoms with E-state index >= 15 is 0 Å². The maximum absolute atomic E-state index is 12.4. The number of nitrogens with zero attached hydrogens (tertiary/aromatic N) is 3. The summed E-state index contributed by atoms with van der Waals surface area (Å²) in [5, 5.41) is 9.41. The largest absolute Gasteiger partial charge is 0.357 e. The highest BCUT2D eigenvalue weighted by atomic mass is 16.2. The van der Waals surface area contributed by atoms with Gasteiger partial charge in [0.15, 0.2) is 5.96 Å². The Morgan fingerprint density at radius 2 is 1.79 bits per heavy atom. The van der Waals surface area contributed by atoms with Crippen LogP contribution in [0.15, 0.2) is 4.99 Å².